The largest absolute Gasteiger partial charge is 0.346 e. The fourth-order valence-corrected chi connectivity index (χ4v) is 3.34. The number of benzene rings is 2. The van der Waals surface area contributed by atoms with E-state index < -0.39 is 11.1 Å². The molecule has 2 aromatic heterocycles. The van der Waals surface area contributed by atoms with Crippen LogP contribution in [0.4, 0.5) is 5.69 Å². The van der Waals surface area contributed by atoms with Gasteiger partial charge in [0.05, 0.1) is 23.5 Å². The summed E-state index contributed by atoms with van der Waals surface area (Å²) < 4.78 is 1.96. The van der Waals surface area contributed by atoms with Crippen LogP contribution in [-0.2, 0) is 4.79 Å². The molecule has 146 valence electrons. The lowest BCUT2D eigenvalue weighted by Crippen LogP contribution is -2.28. The minimum Gasteiger partial charge on any atom is -0.346 e. The van der Waals surface area contributed by atoms with Crippen LogP contribution in [0.15, 0.2) is 76.6 Å². The van der Waals surface area contributed by atoms with E-state index in [2.05, 4.69) is 15.3 Å². The molecule has 0 aliphatic heterocycles. The number of carbonyl (C=O) groups is 1. The first-order valence-electron chi connectivity index (χ1n) is 8.94. The average Bonchev–Trinajstić information content (AvgIpc) is 3.23. The highest BCUT2D eigenvalue weighted by Gasteiger charge is 2.18. The van der Waals surface area contributed by atoms with Gasteiger partial charge < -0.3 is 19.9 Å². The number of amides is 1. The molecule has 4 aromatic rings. The van der Waals surface area contributed by atoms with Crippen molar-refractivity contribution in [3.8, 4) is 0 Å². The predicted octanol–water partition coefficient (Wildman–Crippen LogP) is 3.29. The summed E-state index contributed by atoms with van der Waals surface area (Å²) in [6, 6.07) is 15.9. The smallest absolute Gasteiger partial charge is 0.314 e. The van der Waals surface area contributed by atoms with E-state index in [1.165, 1.54) is 0 Å². The Hall–Kier alpha value is -3.58. The highest BCUT2D eigenvalue weighted by Crippen LogP contribution is 2.25. The van der Waals surface area contributed by atoms with Crippen LogP contribution in [0, 0.1) is 0 Å². The van der Waals surface area contributed by atoms with Crippen molar-refractivity contribution in [3.05, 3.63) is 98.3 Å². The number of aromatic amines is 2. The van der Waals surface area contributed by atoms with Gasteiger partial charge in [-0.3, -0.25) is 14.4 Å². The molecular formula is C21H17ClN4O3. The van der Waals surface area contributed by atoms with E-state index in [4.69, 9.17) is 11.6 Å². The van der Waals surface area contributed by atoms with Crippen LogP contribution >= 0.6 is 11.6 Å². The summed E-state index contributed by atoms with van der Waals surface area (Å²) in [7, 11) is 0. The summed E-state index contributed by atoms with van der Waals surface area (Å²) in [6.07, 6.45) is 4.02. The van der Waals surface area contributed by atoms with Gasteiger partial charge in [0.1, 0.15) is 0 Å². The van der Waals surface area contributed by atoms with Crippen molar-refractivity contribution >= 4 is 34.2 Å². The molecular weight excluding hydrogens is 392 g/mol. The molecule has 4 rings (SSSR count). The second kappa shape index (κ2) is 7.81. The molecule has 8 heteroatoms. The van der Waals surface area contributed by atoms with E-state index in [0.717, 1.165) is 5.56 Å². The first-order chi connectivity index (χ1) is 14.0. The quantitative estimate of drug-likeness (QED) is 0.442. The van der Waals surface area contributed by atoms with Crippen LogP contribution in [0.25, 0.3) is 11.0 Å². The minimum absolute atomic E-state index is 0.190. The highest BCUT2D eigenvalue weighted by molar-refractivity contribution is 6.30. The number of halogens is 1. The van der Waals surface area contributed by atoms with Crippen LogP contribution in [0.1, 0.15) is 18.0 Å². The number of anilines is 1. The summed E-state index contributed by atoms with van der Waals surface area (Å²) >= 11 is 5.99. The first-order valence-corrected chi connectivity index (χ1v) is 9.31. The van der Waals surface area contributed by atoms with Crippen molar-refractivity contribution in [1.29, 1.82) is 0 Å². The predicted molar refractivity (Wildman–Crippen MR) is 112 cm³/mol. The third-order valence-corrected chi connectivity index (χ3v) is 4.88. The molecule has 0 saturated carbocycles. The van der Waals surface area contributed by atoms with E-state index in [1.807, 2.05) is 41.2 Å². The zero-order valence-electron chi connectivity index (χ0n) is 15.2. The Labute approximate surface area is 170 Å². The van der Waals surface area contributed by atoms with E-state index in [1.54, 1.807) is 30.3 Å². The normalized spacial score (nSPS) is 12.0. The molecule has 1 atom stereocenters. The van der Waals surface area contributed by atoms with E-state index in [-0.39, 0.29) is 18.4 Å². The van der Waals surface area contributed by atoms with Crippen molar-refractivity contribution in [3.63, 3.8) is 0 Å². The van der Waals surface area contributed by atoms with Gasteiger partial charge >= 0.3 is 11.1 Å². The number of rotatable bonds is 5. The summed E-state index contributed by atoms with van der Waals surface area (Å²) in [5.74, 6) is -0.190. The number of hydrogen-bond donors (Lipinski definition) is 3. The molecule has 0 radical (unpaired) electrons. The summed E-state index contributed by atoms with van der Waals surface area (Å²) in [4.78, 5) is 40.7. The van der Waals surface area contributed by atoms with Crippen LogP contribution in [0.2, 0.25) is 5.02 Å². The minimum atomic E-state index is -0.739. The molecule has 0 spiro atoms. The van der Waals surface area contributed by atoms with Gasteiger partial charge in [-0.2, -0.15) is 0 Å². The van der Waals surface area contributed by atoms with Crippen molar-refractivity contribution in [2.45, 2.75) is 12.5 Å². The lowest BCUT2D eigenvalue weighted by molar-refractivity contribution is -0.116. The number of carbonyl (C=O) groups excluding carboxylic acids is 1. The van der Waals surface area contributed by atoms with Crippen molar-refractivity contribution < 1.29 is 4.79 Å². The van der Waals surface area contributed by atoms with Gasteiger partial charge in [0.2, 0.25) is 5.91 Å². The fourth-order valence-electron chi connectivity index (χ4n) is 3.22. The number of fused-ring (bicyclic) bond motifs is 1. The maximum Gasteiger partial charge on any atom is 0.314 e. The van der Waals surface area contributed by atoms with Gasteiger partial charge in [0.15, 0.2) is 0 Å². The Balaban J connectivity index is 1.57. The van der Waals surface area contributed by atoms with Gasteiger partial charge in [-0.15, -0.1) is 0 Å². The molecule has 0 bridgehead atoms. The third kappa shape index (κ3) is 4.14. The Morgan fingerprint density at radius 1 is 0.966 bits per heavy atom. The Morgan fingerprint density at radius 3 is 2.31 bits per heavy atom. The second-order valence-electron chi connectivity index (χ2n) is 6.62. The molecule has 2 heterocycles. The molecule has 2 aromatic carbocycles. The lowest BCUT2D eigenvalue weighted by Gasteiger charge is -2.19. The molecule has 0 aliphatic carbocycles. The summed E-state index contributed by atoms with van der Waals surface area (Å²) in [6.45, 7) is 0. The van der Waals surface area contributed by atoms with Gasteiger partial charge in [0.25, 0.3) is 0 Å². The standard InChI is InChI=1S/C21H17ClN4O3/c22-14-5-3-13(4-6-14)18(26-9-1-2-10-26)12-19(27)23-15-7-8-16-17(11-15)25-21(29)20(28)24-16/h1-11,18H,12H2,(H,23,27)(H,24,28)(H,25,29). The van der Waals surface area contributed by atoms with Crippen molar-refractivity contribution in [2.24, 2.45) is 0 Å². The van der Waals surface area contributed by atoms with Crippen LogP contribution in [0.5, 0.6) is 0 Å². The molecule has 0 saturated heterocycles. The van der Waals surface area contributed by atoms with E-state index in [0.29, 0.717) is 21.7 Å². The van der Waals surface area contributed by atoms with Crippen LogP contribution in [-0.4, -0.2) is 20.4 Å². The summed E-state index contributed by atoms with van der Waals surface area (Å²) in [5.41, 5.74) is 0.947. The number of hydrogen-bond acceptors (Lipinski definition) is 3. The molecule has 1 amide bonds. The van der Waals surface area contributed by atoms with Crippen LogP contribution in [0.3, 0.4) is 0 Å². The van der Waals surface area contributed by atoms with Gasteiger partial charge in [-0.05, 0) is 48.0 Å². The third-order valence-electron chi connectivity index (χ3n) is 4.63. The zero-order chi connectivity index (χ0) is 20.4. The van der Waals surface area contributed by atoms with Gasteiger partial charge in [-0.1, -0.05) is 23.7 Å². The Bertz CT molecular complexity index is 1270. The van der Waals surface area contributed by atoms with Crippen molar-refractivity contribution in [1.82, 2.24) is 14.5 Å². The maximum absolute atomic E-state index is 12.7. The van der Waals surface area contributed by atoms with E-state index >= 15 is 0 Å². The number of H-pyrrole nitrogens is 2. The molecule has 0 aliphatic rings. The van der Waals surface area contributed by atoms with Gasteiger partial charge in [0, 0.05) is 23.1 Å². The van der Waals surface area contributed by atoms with Gasteiger partial charge in [-0.25, -0.2) is 0 Å². The Kier molecular flexibility index (Phi) is 5.05. The highest BCUT2D eigenvalue weighted by atomic mass is 35.5. The number of aromatic nitrogens is 3. The van der Waals surface area contributed by atoms with Crippen molar-refractivity contribution in [2.75, 3.05) is 5.32 Å². The number of nitrogens with one attached hydrogen (secondary N) is 3. The number of nitrogens with zero attached hydrogens (tertiary/aromatic N) is 1. The fraction of sp³-hybridized carbons (Fsp3) is 0.0952. The molecule has 0 fully saturated rings. The Morgan fingerprint density at radius 2 is 1.62 bits per heavy atom. The SMILES string of the molecule is O=C(CC(c1ccc(Cl)cc1)n1cccc1)Nc1ccc2[nH]c(=O)c(=O)[nH]c2c1. The van der Waals surface area contributed by atoms with Crippen LogP contribution < -0.4 is 16.4 Å². The lowest BCUT2D eigenvalue weighted by atomic mass is 10.0. The molecule has 3 N–H and O–H groups in total. The first kappa shape index (κ1) is 18.8. The topological polar surface area (TPSA) is 99.8 Å². The average molecular weight is 409 g/mol. The monoisotopic (exact) mass is 408 g/mol. The maximum atomic E-state index is 12.7. The second-order valence-corrected chi connectivity index (χ2v) is 7.05. The summed E-state index contributed by atoms with van der Waals surface area (Å²) in [5, 5.41) is 3.48. The van der Waals surface area contributed by atoms with E-state index in [9.17, 15) is 14.4 Å². The molecule has 29 heavy (non-hydrogen) atoms. The molecule has 1 unspecified atom stereocenters. The zero-order valence-corrected chi connectivity index (χ0v) is 15.9. The molecule has 7 nitrogen and oxygen atoms in total.